The van der Waals surface area contributed by atoms with E-state index in [1.165, 1.54) is 13.5 Å². The van der Waals surface area contributed by atoms with Crippen LogP contribution in [0.3, 0.4) is 0 Å². The van der Waals surface area contributed by atoms with E-state index in [4.69, 9.17) is 9.57 Å². The van der Waals surface area contributed by atoms with Crippen LogP contribution >= 0.6 is 0 Å². The fourth-order valence-electron chi connectivity index (χ4n) is 2.40. The first-order chi connectivity index (χ1) is 10.2. The van der Waals surface area contributed by atoms with Gasteiger partial charge in [0.05, 0.1) is 13.0 Å². The molecule has 1 saturated carbocycles. The zero-order valence-electron chi connectivity index (χ0n) is 12.3. The average molecular weight is 291 g/mol. The van der Waals surface area contributed by atoms with Crippen LogP contribution in [-0.4, -0.2) is 24.2 Å². The van der Waals surface area contributed by atoms with E-state index in [2.05, 4.69) is 0 Å². The maximum absolute atomic E-state index is 11.9. The summed E-state index contributed by atoms with van der Waals surface area (Å²) in [7, 11) is 1.40. The monoisotopic (exact) mass is 291 g/mol. The molecular weight excluding hydrogens is 270 g/mol. The Labute approximate surface area is 124 Å². The predicted molar refractivity (Wildman–Crippen MR) is 77.1 cm³/mol. The van der Waals surface area contributed by atoms with Crippen molar-refractivity contribution in [3.8, 4) is 0 Å². The van der Waals surface area contributed by atoms with Gasteiger partial charge in [0.2, 0.25) is 0 Å². The number of carbonyl (C=O) groups excluding carboxylic acids is 2. The number of carbonyl (C=O) groups is 2. The third kappa shape index (κ3) is 4.77. The molecule has 0 radical (unpaired) electrons. The van der Waals surface area contributed by atoms with Crippen molar-refractivity contribution in [3.05, 3.63) is 35.9 Å². The van der Waals surface area contributed by atoms with E-state index in [1.54, 1.807) is 0 Å². The molecule has 0 heterocycles. The predicted octanol–water partition coefficient (Wildman–Crippen LogP) is 3.29. The zero-order valence-corrected chi connectivity index (χ0v) is 12.3. The van der Waals surface area contributed by atoms with Crippen LogP contribution in [-0.2, 0) is 21.0 Å². The molecule has 1 aromatic carbocycles. The second-order valence-corrected chi connectivity index (χ2v) is 5.28. The molecular formula is C16H21NO4. The molecule has 1 fully saturated rings. The summed E-state index contributed by atoms with van der Waals surface area (Å²) in [5.74, 6) is -0.433. The molecule has 5 heteroatoms. The van der Waals surface area contributed by atoms with Crippen LogP contribution in [0.4, 0.5) is 4.79 Å². The zero-order chi connectivity index (χ0) is 15.1. The number of ether oxygens (including phenoxy) is 1. The fourth-order valence-corrected chi connectivity index (χ4v) is 2.40. The average Bonchev–Trinajstić information content (AvgIpc) is 2.54. The Morgan fingerprint density at radius 1 is 1.14 bits per heavy atom. The number of nitrogens with zero attached hydrogens (tertiary/aromatic N) is 1. The highest BCUT2D eigenvalue weighted by Gasteiger charge is 2.25. The van der Waals surface area contributed by atoms with Crippen LogP contribution in [0.25, 0.3) is 0 Å². The molecule has 1 aliphatic carbocycles. The molecule has 21 heavy (non-hydrogen) atoms. The van der Waals surface area contributed by atoms with Crippen molar-refractivity contribution >= 4 is 12.1 Å². The van der Waals surface area contributed by atoms with Crippen molar-refractivity contribution in [1.82, 2.24) is 5.06 Å². The minimum atomic E-state index is -0.664. The minimum Gasteiger partial charge on any atom is -0.442 e. The number of rotatable bonds is 3. The molecule has 0 aromatic heterocycles. The molecule has 1 aliphatic rings. The summed E-state index contributed by atoms with van der Waals surface area (Å²) in [4.78, 5) is 28.7. The van der Waals surface area contributed by atoms with Crippen LogP contribution in [0.2, 0.25) is 0 Å². The second-order valence-electron chi connectivity index (χ2n) is 5.28. The van der Waals surface area contributed by atoms with Gasteiger partial charge in [0.25, 0.3) is 0 Å². The van der Waals surface area contributed by atoms with Crippen molar-refractivity contribution in [2.24, 2.45) is 5.92 Å². The minimum absolute atomic E-state index is 0.0943. The van der Waals surface area contributed by atoms with Crippen molar-refractivity contribution in [1.29, 1.82) is 0 Å². The molecule has 0 atom stereocenters. The molecule has 0 N–H and O–H groups in total. The Hall–Kier alpha value is -2.04. The van der Waals surface area contributed by atoms with Crippen LogP contribution in [0, 0.1) is 5.92 Å². The van der Waals surface area contributed by atoms with Crippen molar-refractivity contribution in [2.45, 2.75) is 38.7 Å². The van der Waals surface area contributed by atoms with E-state index < -0.39 is 6.09 Å². The number of hydrogen-bond acceptors (Lipinski definition) is 4. The topological polar surface area (TPSA) is 55.8 Å². The highest BCUT2D eigenvalue weighted by molar-refractivity contribution is 5.75. The third-order valence-electron chi connectivity index (χ3n) is 3.63. The van der Waals surface area contributed by atoms with Gasteiger partial charge in [0.1, 0.15) is 6.61 Å². The van der Waals surface area contributed by atoms with E-state index in [0.29, 0.717) is 0 Å². The Balaban J connectivity index is 1.75. The molecule has 1 amide bonds. The van der Waals surface area contributed by atoms with Crippen molar-refractivity contribution in [2.75, 3.05) is 7.05 Å². The Morgan fingerprint density at radius 3 is 2.48 bits per heavy atom. The van der Waals surface area contributed by atoms with Crippen LogP contribution in [0.5, 0.6) is 0 Å². The molecule has 5 nitrogen and oxygen atoms in total. The summed E-state index contributed by atoms with van der Waals surface area (Å²) in [5.41, 5.74) is 0.887. The van der Waals surface area contributed by atoms with E-state index in [-0.39, 0.29) is 18.5 Å². The maximum Gasteiger partial charge on any atom is 0.443 e. The first-order valence-electron chi connectivity index (χ1n) is 7.33. The Bertz CT molecular complexity index is 468. The number of hydroxylamine groups is 2. The van der Waals surface area contributed by atoms with Gasteiger partial charge in [-0.3, -0.25) is 0 Å². The second kappa shape index (κ2) is 7.67. The highest BCUT2D eigenvalue weighted by atomic mass is 16.7. The summed E-state index contributed by atoms with van der Waals surface area (Å²) >= 11 is 0. The first kappa shape index (κ1) is 15.4. The molecule has 0 saturated heterocycles. The van der Waals surface area contributed by atoms with Crippen molar-refractivity contribution in [3.63, 3.8) is 0 Å². The molecule has 0 unspecified atom stereocenters. The normalized spacial score (nSPS) is 15.3. The van der Waals surface area contributed by atoms with E-state index in [1.807, 2.05) is 30.3 Å². The van der Waals surface area contributed by atoms with Crippen LogP contribution < -0.4 is 0 Å². The lowest BCUT2D eigenvalue weighted by atomic mass is 9.89. The van der Waals surface area contributed by atoms with E-state index >= 15 is 0 Å². The number of benzene rings is 1. The lowest BCUT2D eigenvalue weighted by molar-refractivity contribution is -0.183. The van der Waals surface area contributed by atoms with Gasteiger partial charge in [-0.15, -0.1) is 5.06 Å². The van der Waals surface area contributed by atoms with Gasteiger partial charge >= 0.3 is 12.1 Å². The standard InChI is InChI=1S/C16H21NO4/c1-17(21-15(18)14-10-6-3-7-11-14)16(19)20-12-13-8-4-2-5-9-13/h2,4-5,8-9,14H,3,6-7,10-12H2,1H3. The number of amides is 1. The van der Waals surface area contributed by atoms with Gasteiger partial charge in [-0.2, -0.15) is 0 Å². The smallest absolute Gasteiger partial charge is 0.442 e. The molecule has 0 bridgehead atoms. The van der Waals surface area contributed by atoms with Crippen LogP contribution in [0.1, 0.15) is 37.7 Å². The van der Waals surface area contributed by atoms with Gasteiger partial charge in [-0.25, -0.2) is 9.59 Å². The Morgan fingerprint density at radius 2 is 1.81 bits per heavy atom. The van der Waals surface area contributed by atoms with Crippen LogP contribution in [0.15, 0.2) is 30.3 Å². The first-order valence-corrected chi connectivity index (χ1v) is 7.33. The Kier molecular flexibility index (Phi) is 5.60. The fraction of sp³-hybridized carbons (Fsp3) is 0.500. The highest BCUT2D eigenvalue weighted by Crippen LogP contribution is 2.24. The number of hydrogen-bond donors (Lipinski definition) is 0. The largest absolute Gasteiger partial charge is 0.443 e. The summed E-state index contributed by atoms with van der Waals surface area (Å²) in [6, 6.07) is 9.36. The maximum atomic E-state index is 11.9. The van der Waals surface area contributed by atoms with Gasteiger partial charge in [0.15, 0.2) is 0 Å². The van der Waals surface area contributed by atoms with E-state index in [0.717, 1.165) is 36.3 Å². The molecule has 2 rings (SSSR count). The summed E-state index contributed by atoms with van der Waals surface area (Å²) in [6.45, 7) is 0.158. The summed E-state index contributed by atoms with van der Waals surface area (Å²) < 4.78 is 5.09. The van der Waals surface area contributed by atoms with Crippen molar-refractivity contribution < 1.29 is 19.2 Å². The third-order valence-corrected chi connectivity index (χ3v) is 3.63. The van der Waals surface area contributed by atoms with Gasteiger partial charge in [-0.1, -0.05) is 49.6 Å². The molecule has 1 aromatic rings. The van der Waals surface area contributed by atoms with E-state index in [9.17, 15) is 9.59 Å². The lowest BCUT2D eigenvalue weighted by Crippen LogP contribution is -2.33. The summed E-state index contributed by atoms with van der Waals surface area (Å²) in [5, 5.41) is 0.875. The molecule has 0 aliphatic heterocycles. The quantitative estimate of drug-likeness (QED) is 0.802. The molecule has 114 valence electrons. The SMILES string of the molecule is CN(OC(=O)C1CCCCC1)C(=O)OCc1ccccc1. The summed E-state index contributed by atoms with van der Waals surface area (Å²) in [6.07, 6.45) is 4.27. The van der Waals surface area contributed by atoms with Gasteiger partial charge in [0, 0.05) is 0 Å². The van der Waals surface area contributed by atoms with Gasteiger partial charge in [-0.05, 0) is 18.4 Å². The van der Waals surface area contributed by atoms with Gasteiger partial charge < -0.3 is 9.57 Å². The molecule has 0 spiro atoms. The lowest BCUT2D eigenvalue weighted by Gasteiger charge is -2.22.